The number of carboxylic acid groups (broad SMARTS) is 1. The van der Waals surface area contributed by atoms with E-state index in [9.17, 15) is 4.79 Å². The van der Waals surface area contributed by atoms with E-state index in [0.29, 0.717) is 17.8 Å². The predicted molar refractivity (Wildman–Crippen MR) is 91.9 cm³/mol. The van der Waals surface area contributed by atoms with Crippen LogP contribution in [0.2, 0.25) is 0 Å². The molecular formula is C18H22N4O2. The van der Waals surface area contributed by atoms with Gasteiger partial charge in [-0.2, -0.15) is 0 Å². The Morgan fingerprint density at radius 2 is 2.04 bits per heavy atom. The lowest BCUT2D eigenvalue weighted by Crippen LogP contribution is -2.38. The molecule has 6 heteroatoms. The Morgan fingerprint density at radius 3 is 2.62 bits per heavy atom. The Morgan fingerprint density at radius 1 is 1.29 bits per heavy atom. The highest BCUT2D eigenvalue weighted by atomic mass is 16.4. The van der Waals surface area contributed by atoms with E-state index in [4.69, 9.17) is 5.11 Å². The van der Waals surface area contributed by atoms with Crippen LogP contribution in [0.5, 0.6) is 0 Å². The van der Waals surface area contributed by atoms with Gasteiger partial charge in [-0.1, -0.05) is 30.3 Å². The molecule has 1 atom stereocenters. The van der Waals surface area contributed by atoms with Crippen molar-refractivity contribution < 1.29 is 9.90 Å². The summed E-state index contributed by atoms with van der Waals surface area (Å²) < 4.78 is 0. The topological polar surface area (TPSA) is 78.4 Å². The minimum Gasteiger partial charge on any atom is -0.476 e. The molecule has 1 saturated carbocycles. The number of carbonyl (C=O) groups is 1. The number of hydrogen-bond donors (Lipinski definition) is 2. The second-order valence-corrected chi connectivity index (χ2v) is 6.28. The number of hydrogen-bond acceptors (Lipinski definition) is 5. The van der Waals surface area contributed by atoms with Crippen molar-refractivity contribution in [1.29, 1.82) is 0 Å². The van der Waals surface area contributed by atoms with Gasteiger partial charge in [0.05, 0.1) is 12.4 Å². The first-order valence-corrected chi connectivity index (χ1v) is 8.17. The number of anilines is 1. The molecule has 0 spiro atoms. The Hall–Kier alpha value is -2.47. The molecule has 0 amide bonds. The van der Waals surface area contributed by atoms with Crippen LogP contribution in [0.25, 0.3) is 0 Å². The van der Waals surface area contributed by atoms with Crippen LogP contribution in [0.3, 0.4) is 0 Å². The molecule has 2 aromatic rings. The third-order valence-corrected chi connectivity index (χ3v) is 4.37. The van der Waals surface area contributed by atoms with E-state index < -0.39 is 5.97 Å². The maximum atomic E-state index is 10.8. The molecule has 1 heterocycles. The first-order chi connectivity index (χ1) is 11.6. The molecule has 0 aliphatic heterocycles. The Labute approximate surface area is 141 Å². The van der Waals surface area contributed by atoms with Gasteiger partial charge >= 0.3 is 5.97 Å². The van der Waals surface area contributed by atoms with Gasteiger partial charge in [0.2, 0.25) is 0 Å². The highest BCUT2D eigenvalue weighted by Gasteiger charge is 2.33. The van der Waals surface area contributed by atoms with Gasteiger partial charge in [-0.05, 0) is 31.4 Å². The normalized spacial score (nSPS) is 15.2. The van der Waals surface area contributed by atoms with E-state index >= 15 is 0 Å². The summed E-state index contributed by atoms with van der Waals surface area (Å²) in [5, 5.41) is 12.1. The Bertz CT molecular complexity index is 671. The van der Waals surface area contributed by atoms with E-state index in [-0.39, 0.29) is 5.69 Å². The molecule has 1 aliphatic rings. The van der Waals surface area contributed by atoms with Crippen LogP contribution in [-0.4, -0.2) is 45.6 Å². The lowest BCUT2D eigenvalue weighted by atomic mass is 10.1. The Balaban J connectivity index is 1.58. The zero-order chi connectivity index (χ0) is 16.9. The third kappa shape index (κ3) is 4.29. The van der Waals surface area contributed by atoms with E-state index in [1.807, 2.05) is 6.07 Å². The molecule has 6 nitrogen and oxygen atoms in total. The lowest BCUT2D eigenvalue weighted by Gasteiger charge is -2.28. The summed E-state index contributed by atoms with van der Waals surface area (Å²) in [5.74, 6) is 0.253. The Kier molecular flexibility index (Phi) is 5.05. The lowest BCUT2D eigenvalue weighted by molar-refractivity contribution is 0.0690. The molecule has 3 rings (SSSR count). The molecule has 1 unspecified atom stereocenters. The zero-order valence-corrected chi connectivity index (χ0v) is 13.7. The number of aromatic nitrogens is 2. The van der Waals surface area contributed by atoms with Crippen molar-refractivity contribution in [3.8, 4) is 0 Å². The monoisotopic (exact) mass is 326 g/mol. The summed E-state index contributed by atoms with van der Waals surface area (Å²) >= 11 is 0. The number of carboxylic acids is 1. The van der Waals surface area contributed by atoms with Crippen LogP contribution in [0.1, 0.15) is 28.9 Å². The predicted octanol–water partition coefficient (Wildman–Crippen LogP) is 2.50. The smallest absolute Gasteiger partial charge is 0.356 e. The van der Waals surface area contributed by atoms with Gasteiger partial charge in [-0.15, -0.1) is 0 Å². The molecule has 2 N–H and O–H groups in total. The number of benzene rings is 1. The van der Waals surface area contributed by atoms with E-state index in [0.717, 1.165) is 13.1 Å². The van der Waals surface area contributed by atoms with Gasteiger partial charge in [-0.25, -0.2) is 14.8 Å². The summed E-state index contributed by atoms with van der Waals surface area (Å²) in [5.41, 5.74) is 1.26. The molecule has 0 bridgehead atoms. The number of nitrogens with one attached hydrogen (secondary N) is 1. The average molecular weight is 326 g/mol. The molecule has 1 aliphatic carbocycles. The molecule has 126 valence electrons. The van der Waals surface area contributed by atoms with Crippen LogP contribution in [-0.2, 0) is 6.54 Å². The van der Waals surface area contributed by atoms with Crippen LogP contribution in [0.4, 0.5) is 5.82 Å². The minimum absolute atomic E-state index is 0.0412. The van der Waals surface area contributed by atoms with Gasteiger partial charge in [0.25, 0.3) is 0 Å². The fourth-order valence-corrected chi connectivity index (χ4v) is 2.89. The van der Waals surface area contributed by atoms with Crippen molar-refractivity contribution in [2.75, 3.05) is 18.9 Å². The molecular weight excluding hydrogens is 304 g/mol. The summed E-state index contributed by atoms with van der Waals surface area (Å²) in [4.78, 5) is 21.2. The largest absolute Gasteiger partial charge is 0.476 e. The third-order valence-electron chi connectivity index (χ3n) is 4.37. The zero-order valence-electron chi connectivity index (χ0n) is 13.7. The van der Waals surface area contributed by atoms with Crippen LogP contribution >= 0.6 is 0 Å². The van der Waals surface area contributed by atoms with Gasteiger partial charge in [0.15, 0.2) is 5.69 Å². The van der Waals surface area contributed by atoms with E-state index in [1.54, 1.807) is 0 Å². The van der Waals surface area contributed by atoms with E-state index in [2.05, 4.69) is 51.5 Å². The van der Waals surface area contributed by atoms with E-state index in [1.165, 1.54) is 30.8 Å². The second-order valence-electron chi connectivity index (χ2n) is 6.28. The van der Waals surface area contributed by atoms with Gasteiger partial charge in [0, 0.05) is 19.1 Å². The first-order valence-electron chi connectivity index (χ1n) is 8.17. The van der Waals surface area contributed by atoms with Crippen LogP contribution < -0.4 is 5.32 Å². The molecule has 24 heavy (non-hydrogen) atoms. The highest BCUT2D eigenvalue weighted by molar-refractivity contribution is 5.84. The summed E-state index contributed by atoms with van der Waals surface area (Å²) in [6.07, 6.45) is 5.28. The van der Waals surface area contributed by atoms with Gasteiger partial charge < -0.3 is 10.4 Å². The standard InChI is InChI=1S/C18H22N4O2/c1-22(12-13-5-3-2-4-6-13)16(14-7-8-14)10-21-17-11-19-15(9-20-17)18(23)24/h2-6,9,11,14,16H,7-8,10,12H2,1H3,(H,20,21)(H,23,24). The second kappa shape index (κ2) is 7.40. The first kappa shape index (κ1) is 16.4. The SMILES string of the molecule is CN(Cc1ccccc1)C(CNc1cnc(C(=O)O)cn1)C1CC1. The molecule has 1 aromatic carbocycles. The highest BCUT2D eigenvalue weighted by Crippen LogP contribution is 2.35. The van der Waals surface area contributed by atoms with Gasteiger partial charge in [-0.3, -0.25) is 4.90 Å². The minimum atomic E-state index is -1.06. The van der Waals surface area contributed by atoms with Crippen molar-refractivity contribution >= 4 is 11.8 Å². The van der Waals surface area contributed by atoms with Crippen molar-refractivity contribution in [3.63, 3.8) is 0 Å². The fraction of sp³-hybridized carbons (Fsp3) is 0.389. The summed E-state index contributed by atoms with van der Waals surface area (Å²) in [6, 6.07) is 10.9. The maximum Gasteiger partial charge on any atom is 0.356 e. The quantitative estimate of drug-likeness (QED) is 0.776. The fourth-order valence-electron chi connectivity index (χ4n) is 2.89. The van der Waals surface area contributed by atoms with Crippen molar-refractivity contribution in [2.45, 2.75) is 25.4 Å². The number of rotatable bonds is 8. The number of nitrogens with zero attached hydrogens (tertiary/aromatic N) is 3. The van der Waals surface area contributed by atoms with Crippen molar-refractivity contribution in [2.24, 2.45) is 5.92 Å². The number of aromatic carboxylic acids is 1. The molecule has 1 aromatic heterocycles. The van der Waals surface area contributed by atoms with Gasteiger partial charge in [0.1, 0.15) is 5.82 Å². The molecule has 0 saturated heterocycles. The average Bonchev–Trinajstić information content (AvgIpc) is 3.41. The number of likely N-dealkylation sites (N-methyl/N-ethyl adjacent to an activating group) is 1. The van der Waals surface area contributed by atoms with Crippen molar-refractivity contribution in [3.05, 3.63) is 54.0 Å². The van der Waals surface area contributed by atoms with Crippen LogP contribution in [0, 0.1) is 5.92 Å². The molecule has 1 fully saturated rings. The van der Waals surface area contributed by atoms with Crippen molar-refractivity contribution in [1.82, 2.24) is 14.9 Å². The summed E-state index contributed by atoms with van der Waals surface area (Å²) in [6.45, 7) is 1.68. The maximum absolute atomic E-state index is 10.8. The summed E-state index contributed by atoms with van der Waals surface area (Å²) in [7, 11) is 2.15. The molecule has 0 radical (unpaired) electrons. The van der Waals surface area contributed by atoms with Crippen LogP contribution in [0.15, 0.2) is 42.7 Å².